The molecule has 2 N–H and O–H groups in total. The van der Waals surface area contributed by atoms with Crippen molar-refractivity contribution in [1.29, 1.82) is 0 Å². The Kier molecular flexibility index (Phi) is 4.97. The zero-order valence-corrected chi connectivity index (χ0v) is 15.0. The third kappa shape index (κ3) is 3.56. The third-order valence-corrected chi connectivity index (χ3v) is 4.77. The van der Waals surface area contributed by atoms with Crippen LogP contribution in [0.4, 0.5) is 18.9 Å². The van der Waals surface area contributed by atoms with Crippen molar-refractivity contribution in [2.24, 2.45) is 0 Å². The summed E-state index contributed by atoms with van der Waals surface area (Å²) < 4.78 is 51.8. The first-order chi connectivity index (χ1) is 13.5. The second kappa shape index (κ2) is 7.56. The van der Waals surface area contributed by atoms with Crippen molar-refractivity contribution in [1.82, 2.24) is 14.7 Å². The van der Waals surface area contributed by atoms with Crippen LogP contribution in [0, 0.1) is 17.5 Å². The number of amides is 1. The summed E-state index contributed by atoms with van der Waals surface area (Å²) in [5.41, 5.74) is -1.08. The lowest BCUT2D eigenvalue weighted by Gasteiger charge is -2.27. The third-order valence-electron chi connectivity index (χ3n) is 4.08. The number of carbonyl (C=O) groups excluding carboxylic acids is 1. The van der Waals surface area contributed by atoms with Crippen LogP contribution in [-0.2, 0) is 0 Å². The van der Waals surface area contributed by atoms with Crippen molar-refractivity contribution >= 4 is 23.1 Å². The molecule has 4 rings (SSSR count). The smallest absolute Gasteiger partial charge is 0.274 e. The minimum Gasteiger partial charge on any atom is -0.475 e. The fraction of sp³-hybridized carbons (Fsp3) is 0.167. The summed E-state index contributed by atoms with van der Waals surface area (Å²) in [6, 6.07) is 5.20. The number of halogens is 3. The summed E-state index contributed by atoms with van der Waals surface area (Å²) in [4.78, 5) is 16.4. The summed E-state index contributed by atoms with van der Waals surface area (Å²) in [6.07, 6.45) is 1.42. The average Bonchev–Trinajstić information content (AvgIpc) is 3.06. The van der Waals surface area contributed by atoms with Crippen LogP contribution < -0.4 is 15.4 Å². The van der Waals surface area contributed by atoms with E-state index in [1.165, 1.54) is 6.20 Å². The molecule has 1 aliphatic heterocycles. The lowest BCUT2D eigenvalue weighted by atomic mass is 10.1. The predicted molar refractivity (Wildman–Crippen MR) is 96.9 cm³/mol. The van der Waals surface area contributed by atoms with Crippen molar-refractivity contribution in [2.75, 3.05) is 18.4 Å². The number of nitrogens with zero attached hydrogens (tertiary/aromatic N) is 2. The molecule has 1 aromatic carbocycles. The van der Waals surface area contributed by atoms with Gasteiger partial charge in [-0.05, 0) is 24.3 Å². The average molecular weight is 406 g/mol. The monoisotopic (exact) mass is 406 g/mol. The number of ether oxygens (including phenoxy) is 1. The predicted octanol–water partition coefficient (Wildman–Crippen LogP) is 3.23. The van der Waals surface area contributed by atoms with E-state index in [1.54, 1.807) is 0 Å². The van der Waals surface area contributed by atoms with Gasteiger partial charge in [0.25, 0.3) is 5.91 Å². The summed E-state index contributed by atoms with van der Waals surface area (Å²) in [6.45, 7) is 1.39. The molecule has 1 aliphatic rings. The zero-order valence-electron chi connectivity index (χ0n) is 14.2. The van der Waals surface area contributed by atoms with Gasteiger partial charge in [0.2, 0.25) is 5.06 Å². The van der Waals surface area contributed by atoms with Gasteiger partial charge < -0.3 is 15.4 Å². The Morgan fingerprint density at radius 2 is 1.89 bits per heavy atom. The minimum absolute atomic E-state index is 0.00400. The highest BCUT2D eigenvalue weighted by Gasteiger charge is 2.23. The van der Waals surface area contributed by atoms with Crippen LogP contribution in [0.2, 0.25) is 0 Å². The topological polar surface area (TPSA) is 76.1 Å². The standard InChI is InChI=1S/C18H13F3N4O2S/c19-10-2-1-3-11(20)15(10)16-12(21)4-5-13(24-16)17(26)25-14-8-23-28-18(14)27-9-6-22-7-9/h1-5,8-9,22H,6-7H2,(H,25,26). The van der Waals surface area contributed by atoms with Crippen molar-refractivity contribution in [3.63, 3.8) is 0 Å². The van der Waals surface area contributed by atoms with Crippen molar-refractivity contribution in [3.05, 3.63) is 59.7 Å². The van der Waals surface area contributed by atoms with Gasteiger partial charge in [0.05, 0.1) is 11.8 Å². The molecular formula is C18H13F3N4O2S. The molecule has 28 heavy (non-hydrogen) atoms. The van der Waals surface area contributed by atoms with E-state index in [-0.39, 0.29) is 11.8 Å². The Hall–Kier alpha value is -2.98. The summed E-state index contributed by atoms with van der Waals surface area (Å²) >= 11 is 1.08. The van der Waals surface area contributed by atoms with Crippen LogP contribution in [0.1, 0.15) is 10.5 Å². The second-order valence-electron chi connectivity index (χ2n) is 6.00. The van der Waals surface area contributed by atoms with Gasteiger partial charge in [-0.2, -0.15) is 4.37 Å². The van der Waals surface area contributed by atoms with E-state index in [0.717, 1.165) is 41.9 Å². The van der Waals surface area contributed by atoms with Crippen molar-refractivity contribution in [2.45, 2.75) is 6.10 Å². The van der Waals surface area contributed by atoms with E-state index in [0.29, 0.717) is 23.8 Å². The molecule has 3 heterocycles. The second-order valence-corrected chi connectivity index (χ2v) is 6.77. The largest absolute Gasteiger partial charge is 0.475 e. The fourth-order valence-corrected chi connectivity index (χ4v) is 3.18. The van der Waals surface area contributed by atoms with E-state index in [1.807, 2.05) is 0 Å². The van der Waals surface area contributed by atoms with Gasteiger partial charge in [-0.25, -0.2) is 18.2 Å². The number of hydrogen-bond acceptors (Lipinski definition) is 6. The summed E-state index contributed by atoms with van der Waals surface area (Å²) in [5.74, 6) is -3.58. The maximum absolute atomic E-state index is 14.1. The molecule has 3 aromatic rings. The van der Waals surface area contributed by atoms with Crippen LogP contribution >= 0.6 is 11.5 Å². The van der Waals surface area contributed by atoms with Gasteiger partial charge in [0.1, 0.15) is 40.6 Å². The molecule has 144 valence electrons. The van der Waals surface area contributed by atoms with Gasteiger partial charge in [-0.15, -0.1) is 0 Å². The first kappa shape index (κ1) is 18.4. The molecule has 0 spiro atoms. The zero-order chi connectivity index (χ0) is 19.7. The molecule has 0 saturated carbocycles. The molecule has 6 nitrogen and oxygen atoms in total. The van der Waals surface area contributed by atoms with Crippen LogP contribution in [0.25, 0.3) is 11.3 Å². The van der Waals surface area contributed by atoms with Gasteiger partial charge in [-0.1, -0.05) is 6.07 Å². The van der Waals surface area contributed by atoms with Crippen LogP contribution in [0.3, 0.4) is 0 Å². The quantitative estimate of drug-likeness (QED) is 0.681. The van der Waals surface area contributed by atoms with Crippen molar-refractivity contribution < 1.29 is 22.7 Å². The van der Waals surface area contributed by atoms with E-state index in [4.69, 9.17) is 4.74 Å². The number of benzene rings is 1. The molecular weight excluding hydrogens is 393 g/mol. The highest BCUT2D eigenvalue weighted by molar-refractivity contribution is 7.08. The molecule has 1 fully saturated rings. The molecule has 2 aromatic heterocycles. The summed E-state index contributed by atoms with van der Waals surface area (Å²) in [7, 11) is 0. The minimum atomic E-state index is -0.976. The normalized spacial score (nSPS) is 13.8. The molecule has 0 unspecified atom stereocenters. The van der Waals surface area contributed by atoms with Crippen LogP contribution in [-0.4, -0.2) is 34.5 Å². The molecule has 1 saturated heterocycles. The number of carbonyl (C=O) groups is 1. The van der Waals surface area contributed by atoms with E-state index >= 15 is 0 Å². The van der Waals surface area contributed by atoms with Gasteiger partial charge in [0.15, 0.2) is 0 Å². The number of nitrogens with one attached hydrogen (secondary N) is 2. The van der Waals surface area contributed by atoms with Gasteiger partial charge in [-0.3, -0.25) is 4.79 Å². The number of aromatic nitrogens is 2. The first-order valence-corrected chi connectivity index (χ1v) is 9.04. The Labute approximate surface area is 161 Å². The Morgan fingerprint density at radius 1 is 1.14 bits per heavy atom. The summed E-state index contributed by atoms with van der Waals surface area (Å²) in [5, 5.41) is 6.07. The van der Waals surface area contributed by atoms with E-state index in [9.17, 15) is 18.0 Å². The first-order valence-electron chi connectivity index (χ1n) is 8.27. The Balaban J connectivity index is 1.60. The van der Waals surface area contributed by atoms with E-state index < -0.39 is 34.6 Å². The molecule has 0 radical (unpaired) electrons. The molecule has 1 amide bonds. The van der Waals surface area contributed by atoms with Gasteiger partial charge in [0, 0.05) is 24.6 Å². The molecule has 0 bridgehead atoms. The number of hydrogen-bond donors (Lipinski definition) is 2. The Morgan fingerprint density at radius 3 is 2.57 bits per heavy atom. The lowest BCUT2D eigenvalue weighted by Crippen LogP contribution is -2.50. The lowest BCUT2D eigenvalue weighted by molar-refractivity contribution is 0.102. The Bertz CT molecular complexity index is 1020. The molecule has 10 heteroatoms. The fourth-order valence-electron chi connectivity index (χ4n) is 2.55. The molecule has 0 aliphatic carbocycles. The number of rotatable bonds is 5. The maximum Gasteiger partial charge on any atom is 0.274 e. The highest BCUT2D eigenvalue weighted by Crippen LogP contribution is 2.31. The number of pyridine rings is 1. The van der Waals surface area contributed by atoms with Crippen LogP contribution in [0.5, 0.6) is 5.06 Å². The number of anilines is 1. The SMILES string of the molecule is O=C(Nc1cnsc1OC1CNC1)c1ccc(F)c(-c2c(F)cccc2F)n1. The van der Waals surface area contributed by atoms with Crippen molar-refractivity contribution in [3.8, 4) is 16.3 Å². The highest BCUT2D eigenvalue weighted by atomic mass is 32.1. The van der Waals surface area contributed by atoms with E-state index in [2.05, 4.69) is 20.0 Å². The molecule has 0 atom stereocenters. The van der Waals surface area contributed by atoms with Gasteiger partial charge >= 0.3 is 0 Å². The van der Waals surface area contributed by atoms with Crippen LogP contribution in [0.15, 0.2) is 36.5 Å². The maximum atomic E-state index is 14.1.